The highest BCUT2D eigenvalue weighted by atomic mass is 79.9. The molecule has 1 N–H and O–H groups in total. The Labute approximate surface area is 151 Å². The fourth-order valence-electron chi connectivity index (χ4n) is 3.35. The van der Waals surface area contributed by atoms with Gasteiger partial charge in [-0.3, -0.25) is 0 Å². The first-order valence-electron chi connectivity index (χ1n) is 8.11. The van der Waals surface area contributed by atoms with E-state index in [2.05, 4.69) is 20.7 Å². The zero-order valence-corrected chi connectivity index (χ0v) is 16.0. The summed E-state index contributed by atoms with van der Waals surface area (Å²) in [6.45, 7) is 2.17. The summed E-state index contributed by atoms with van der Waals surface area (Å²) in [5.74, 6) is 0. The lowest BCUT2D eigenvalue weighted by atomic mass is 10.0. The Morgan fingerprint density at radius 2 is 2.08 bits per heavy atom. The van der Waals surface area contributed by atoms with Crippen LogP contribution < -0.4 is 4.72 Å². The van der Waals surface area contributed by atoms with Gasteiger partial charge in [-0.05, 0) is 37.0 Å². The summed E-state index contributed by atoms with van der Waals surface area (Å²) in [5, 5.41) is 0. The minimum Gasteiger partial charge on any atom is -0.325 e. The molecule has 0 spiro atoms. The number of hydrogen-bond acceptors (Lipinski definition) is 3. The van der Waals surface area contributed by atoms with Crippen LogP contribution in [0.15, 0.2) is 28.7 Å². The highest BCUT2D eigenvalue weighted by molar-refractivity contribution is 9.10. The first kappa shape index (κ1) is 17.7. The summed E-state index contributed by atoms with van der Waals surface area (Å²) in [4.78, 5) is 16.3. The Hall–Kier alpha value is -1.12. The van der Waals surface area contributed by atoms with E-state index in [-0.39, 0.29) is 18.1 Å². The SMILES string of the molecule is CS(=O)(=O)N[C@H]1CCN(C(=O)N2CCC2)[C@H]1Cc1cccc(Br)c1. The van der Waals surface area contributed by atoms with Gasteiger partial charge in [0.25, 0.3) is 0 Å². The number of rotatable bonds is 4. The molecule has 8 heteroatoms. The molecule has 132 valence electrons. The van der Waals surface area contributed by atoms with Crippen molar-refractivity contribution in [3.63, 3.8) is 0 Å². The third-order valence-electron chi connectivity index (χ3n) is 4.62. The summed E-state index contributed by atoms with van der Waals surface area (Å²) in [6.07, 6.45) is 3.49. The predicted molar refractivity (Wildman–Crippen MR) is 96.3 cm³/mol. The number of nitrogens with zero attached hydrogens (tertiary/aromatic N) is 2. The van der Waals surface area contributed by atoms with Gasteiger partial charge >= 0.3 is 6.03 Å². The van der Waals surface area contributed by atoms with E-state index in [1.807, 2.05) is 34.1 Å². The van der Waals surface area contributed by atoms with Gasteiger partial charge in [-0.1, -0.05) is 28.1 Å². The van der Waals surface area contributed by atoms with E-state index in [0.717, 1.165) is 29.5 Å². The second-order valence-corrected chi connectivity index (χ2v) is 9.20. The summed E-state index contributed by atoms with van der Waals surface area (Å²) in [7, 11) is -3.31. The standard InChI is InChI=1S/C16H22BrN3O3S/c1-24(22,23)18-14-6-9-20(16(21)19-7-3-8-19)15(14)11-12-4-2-5-13(17)10-12/h2,4-5,10,14-15,18H,3,6-9,11H2,1H3/t14-,15-/m0/s1. The normalized spacial score (nSPS) is 24.1. The van der Waals surface area contributed by atoms with Gasteiger partial charge in [0, 0.05) is 30.1 Å². The molecule has 2 fully saturated rings. The largest absolute Gasteiger partial charge is 0.325 e. The van der Waals surface area contributed by atoms with Crippen LogP contribution in [0.4, 0.5) is 4.79 Å². The molecule has 3 rings (SSSR count). The van der Waals surface area contributed by atoms with Crippen molar-refractivity contribution in [1.29, 1.82) is 0 Å². The van der Waals surface area contributed by atoms with Gasteiger partial charge in [0.05, 0.1) is 12.3 Å². The van der Waals surface area contributed by atoms with E-state index in [0.29, 0.717) is 19.4 Å². The molecule has 2 atom stereocenters. The van der Waals surface area contributed by atoms with E-state index in [4.69, 9.17) is 0 Å². The van der Waals surface area contributed by atoms with E-state index in [1.54, 1.807) is 0 Å². The molecular weight excluding hydrogens is 394 g/mol. The van der Waals surface area contributed by atoms with Crippen molar-refractivity contribution in [2.75, 3.05) is 25.9 Å². The molecule has 0 aromatic heterocycles. The maximum absolute atomic E-state index is 12.7. The van der Waals surface area contributed by atoms with Crippen LogP contribution in [0.25, 0.3) is 0 Å². The third kappa shape index (κ3) is 4.10. The second-order valence-electron chi connectivity index (χ2n) is 6.50. The Kier molecular flexibility index (Phi) is 5.17. The second kappa shape index (κ2) is 7.01. The number of amides is 2. The Bertz CT molecular complexity index is 721. The van der Waals surface area contributed by atoms with Gasteiger partial charge in [-0.25, -0.2) is 17.9 Å². The van der Waals surface area contributed by atoms with Crippen LogP contribution in [0.1, 0.15) is 18.4 Å². The molecule has 1 aromatic carbocycles. The van der Waals surface area contributed by atoms with Crippen molar-refractivity contribution in [2.45, 2.75) is 31.3 Å². The van der Waals surface area contributed by atoms with Crippen LogP contribution >= 0.6 is 15.9 Å². The molecule has 24 heavy (non-hydrogen) atoms. The number of hydrogen-bond donors (Lipinski definition) is 1. The minimum absolute atomic E-state index is 0.0269. The zero-order chi connectivity index (χ0) is 17.3. The minimum atomic E-state index is -3.31. The van der Waals surface area contributed by atoms with Crippen LogP contribution in [-0.2, 0) is 16.4 Å². The number of likely N-dealkylation sites (tertiary alicyclic amines) is 2. The lowest BCUT2D eigenvalue weighted by molar-refractivity contribution is 0.120. The van der Waals surface area contributed by atoms with Crippen molar-refractivity contribution in [3.8, 4) is 0 Å². The average molecular weight is 416 g/mol. The summed E-state index contributed by atoms with van der Waals surface area (Å²) in [6, 6.07) is 7.54. The molecule has 2 amide bonds. The molecule has 1 aromatic rings. The lowest BCUT2D eigenvalue weighted by Gasteiger charge is -2.37. The van der Waals surface area contributed by atoms with E-state index in [9.17, 15) is 13.2 Å². The molecule has 0 bridgehead atoms. The summed E-state index contributed by atoms with van der Waals surface area (Å²) in [5.41, 5.74) is 1.08. The fraction of sp³-hybridized carbons (Fsp3) is 0.562. The van der Waals surface area contributed by atoms with Gasteiger partial charge in [-0.15, -0.1) is 0 Å². The molecule has 0 aliphatic carbocycles. The van der Waals surface area contributed by atoms with Gasteiger partial charge in [0.1, 0.15) is 0 Å². The van der Waals surface area contributed by atoms with Gasteiger partial charge in [0.2, 0.25) is 10.0 Å². The van der Waals surface area contributed by atoms with Crippen LogP contribution in [-0.4, -0.2) is 62.2 Å². The number of carbonyl (C=O) groups is 1. The van der Waals surface area contributed by atoms with E-state index in [1.165, 1.54) is 6.26 Å². The Morgan fingerprint density at radius 3 is 2.67 bits per heavy atom. The van der Waals surface area contributed by atoms with Crippen molar-refractivity contribution >= 4 is 32.0 Å². The van der Waals surface area contributed by atoms with E-state index >= 15 is 0 Å². The lowest BCUT2D eigenvalue weighted by Crippen LogP contribution is -2.54. The first-order chi connectivity index (χ1) is 11.3. The van der Waals surface area contributed by atoms with Gasteiger partial charge < -0.3 is 9.80 Å². The highest BCUT2D eigenvalue weighted by Gasteiger charge is 2.40. The summed E-state index contributed by atoms with van der Waals surface area (Å²) < 4.78 is 27.1. The quantitative estimate of drug-likeness (QED) is 0.814. The Morgan fingerprint density at radius 1 is 1.33 bits per heavy atom. The predicted octanol–water partition coefficient (Wildman–Crippen LogP) is 1.81. The number of nitrogens with one attached hydrogen (secondary N) is 1. The van der Waals surface area contributed by atoms with Crippen LogP contribution in [0.2, 0.25) is 0 Å². The van der Waals surface area contributed by atoms with Crippen LogP contribution in [0, 0.1) is 0 Å². The highest BCUT2D eigenvalue weighted by Crippen LogP contribution is 2.26. The molecule has 2 aliphatic heterocycles. The summed E-state index contributed by atoms with van der Waals surface area (Å²) >= 11 is 3.46. The number of halogens is 1. The molecule has 2 aliphatic rings. The molecule has 0 unspecified atom stereocenters. The average Bonchev–Trinajstić information content (AvgIpc) is 2.77. The number of carbonyl (C=O) groups excluding carboxylic acids is 1. The van der Waals surface area contributed by atoms with Crippen LogP contribution in [0.5, 0.6) is 0 Å². The van der Waals surface area contributed by atoms with Gasteiger partial charge in [-0.2, -0.15) is 0 Å². The van der Waals surface area contributed by atoms with Crippen molar-refractivity contribution in [1.82, 2.24) is 14.5 Å². The third-order valence-corrected chi connectivity index (χ3v) is 5.84. The first-order valence-corrected chi connectivity index (χ1v) is 10.8. The smallest absolute Gasteiger partial charge is 0.320 e. The topological polar surface area (TPSA) is 69.7 Å². The molecule has 2 heterocycles. The molecular formula is C16H22BrN3O3S. The maximum atomic E-state index is 12.7. The maximum Gasteiger partial charge on any atom is 0.320 e. The molecule has 2 saturated heterocycles. The van der Waals surface area contributed by atoms with Crippen LogP contribution in [0.3, 0.4) is 0 Å². The van der Waals surface area contributed by atoms with Crippen molar-refractivity contribution in [2.24, 2.45) is 0 Å². The number of sulfonamides is 1. The molecule has 6 nitrogen and oxygen atoms in total. The zero-order valence-electron chi connectivity index (χ0n) is 13.6. The molecule has 0 saturated carbocycles. The number of benzene rings is 1. The van der Waals surface area contributed by atoms with Crippen molar-refractivity contribution in [3.05, 3.63) is 34.3 Å². The molecule has 0 radical (unpaired) electrons. The number of urea groups is 1. The van der Waals surface area contributed by atoms with Crippen molar-refractivity contribution < 1.29 is 13.2 Å². The fourth-order valence-corrected chi connectivity index (χ4v) is 4.62. The van der Waals surface area contributed by atoms with Gasteiger partial charge in [0.15, 0.2) is 0 Å². The monoisotopic (exact) mass is 415 g/mol. The van der Waals surface area contributed by atoms with E-state index < -0.39 is 10.0 Å². The Balaban J connectivity index is 1.81.